The van der Waals surface area contributed by atoms with Crippen LogP contribution in [0, 0.1) is 0 Å². The first-order chi connectivity index (χ1) is 11.0. The first-order valence-corrected chi connectivity index (χ1v) is 7.40. The normalized spacial score (nSPS) is 18.6. The van der Waals surface area contributed by atoms with Crippen LogP contribution < -0.4 is 15.7 Å². The van der Waals surface area contributed by atoms with Crippen LogP contribution in [-0.2, 0) is 20.8 Å². The van der Waals surface area contributed by atoms with Crippen LogP contribution in [-0.4, -0.2) is 34.9 Å². The highest BCUT2D eigenvalue weighted by molar-refractivity contribution is 5.93. The number of aromatic nitrogens is 1. The van der Waals surface area contributed by atoms with Gasteiger partial charge in [0.15, 0.2) is 0 Å². The minimum atomic E-state index is -1.35. The fourth-order valence-electron chi connectivity index (χ4n) is 2.80. The lowest BCUT2D eigenvalue weighted by atomic mass is 10.0. The Hall–Kier alpha value is -2.83. The number of aliphatic carboxylic acids is 1. The molecule has 2 heterocycles. The molecule has 2 aromatic rings. The van der Waals surface area contributed by atoms with Gasteiger partial charge in [0.05, 0.1) is 12.0 Å². The molecule has 1 saturated heterocycles. The van der Waals surface area contributed by atoms with Crippen molar-refractivity contribution in [2.75, 3.05) is 0 Å². The molecule has 1 aliphatic rings. The summed E-state index contributed by atoms with van der Waals surface area (Å²) in [7, 11) is 0. The van der Waals surface area contributed by atoms with Gasteiger partial charge in [-0.05, 0) is 18.1 Å². The summed E-state index contributed by atoms with van der Waals surface area (Å²) in [6.45, 7) is 0. The van der Waals surface area contributed by atoms with E-state index in [1.807, 2.05) is 24.3 Å². The lowest BCUT2D eigenvalue weighted by Crippen LogP contribution is -2.53. The number of carbonyl (C=O) groups excluding carboxylic acids is 3. The molecule has 1 aromatic heterocycles. The van der Waals surface area contributed by atoms with Gasteiger partial charge in [0.25, 0.3) is 0 Å². The molecule has 1 aromatic carbocycles. The van der Waals surface area contributed by atoms with Gasteiger partial charge >= 0.3 is 0 Å². The highest BCUT2D eigenvalue weighted by atomic mass is 16.4. The van der Waals surface area contributed by atoms with E-state index < -0.39 is 24.0 Å². The van der Waals surface area contributed by atoms with E-state index in [1.54, 1.807) is 6.20 Å². The molecule has 2 amide bonds. The van der Waals surface area contributed by atoms with E-state index in [2.05, 4.69) is 15.6 Å². The Kier molecular flexibility index (Phi) is 4.01. The molecule has 3 N–H and O–H groups in total. The Labute approximate surface area is 132 Å². The van der Waals surface area contributed by atoms with Gasteiger partial charge in [-0.2, -0.15) is 0 Å². The summed E-state index contributed by atoms with van der Waals surface area (Å²) in [5, 5.41) is 17.2. The lowest BCUT2D eigenvalue weighted by Gasteiger charge is -2.21. The van der Waals surface area contributed by atoms with Crippen molar-refractivity contribution in [2.45, 2.75) is 31.3 Å². The second-order valence-corrected chi connectivity index (χ2v) is 5.60. The van der Waals surface area contributed by atoms with E-state index in [0.717, 1.165) is 16.5 Å². The Morgan fingerprint density at radius 1 is 1.35 bits per heavy atom. The molecule has 2 atom stereocenters. The monoisotopic (exact) mass is 314 g/mol. The number of carboxylic acid groups (broad SMARTS) is 1. The predicted octanol–water partition coefficient (Wildman–Crippen LogP) is -0.776. The highest BCUT2D eigenvalue weighted by Crippen LogP contribution is 2.19. The topological polar surface area (TPSA) is 114 Å². The number of H-pyrrole nitrogens is 1. The zero-order chi connectivity index (χ0) is 16.4. The summed E-state index contributed by atoms with van der Waals surface area (Å²) in [4.78, 5) is 37.6. The molecule has 0 saturated carbocycles. The minimum absolute atomic E-state index is 0.110. The van der Waals surface area contributed by atoms with Crippen LogP contribution >= 0.6 is 0 Å². The van der Waals surface area contributed by atoms with E-state index in [0.29, 0.717) is 6.42 Å². The van der Waals surface area contributed by atoms with Crippen LogP contribution in [0.3, 0.4) is 0 Å². The lowest BCUT2D eigenvalue weighted by molar-refractivity contribution is -0.308. The van der Waals surface area contributed by atoms with Crippen LogP contribution in [0.25, 0.3) is 10.9 Å². The summed E-state index contributed by atoms with van der Waals surface area (Å²) in [5.74, 6) is -2.05. The number of aromatic amines is 1. The summed E-state index contributed by atoms with van der Waals surface area (Å²) >= 11 is 0. The summed E-state index contributed by atoms with van der Waals surface area (Å²) in [6, 6.07) is 5.68. The van der Waals surface area contributed by atoms with Gasteiger partial charge in [-0.25, -0.2) is 0 Å². The number of nitrogens with one attached hydrogen (secondary N) is 3. The van der Waals surface area contributed by atoms with Gasteiger partial charge in [-0.1, -0.05) is 18.2 Å². The van der Waals surface area contributed by atoms with Crippen molar-refractivity contribution in [3.8, 4) is 0 Å². The average molecular weight is 314 g/mol. The smallest absolute Gasteiger partial charge is 0.243 e. The maximum atomic E-state index is 12.1. The molecule has 1 aliphatic heterocycles. The highest BCUT2D eigenvalue weighted by Gasteiger charge is 2.29. The minimum Gasteiger partial charge on any atom is -0.548 e. The molecule has 7 nitrogen and oxygen atoms in total. The van der Waals surface area contributed by atoms with Gasteiger partial charge in [0.1, 0.15) is 6.04 Å². The van der Waals surface area contributed by atoms with Gasteiger partial charge in [0, 0.05) is 29.9 Å². The second kappa shape index (κ2) is 6.12. The Morgan fingerprint density at radius 3 is 2.83 bits per heavy atom. The van der Waals surface area contributed by atoms with E-state index in [4.69, 9.17) is 0 Å². The Bertz CT molecular complexity index is 768. The second-order valence-electron chi connectivity index (χ2n) is 5.60. The zero-order valence-electron chi connectivity index (χ0n) is 12.3. The predicted molar refractivity (Wildman–Crippen MR) is 80.1 cm³/mol. The third-order valence-corrected chi connectivity index (χ3v) is 4.01. The molecular weight excluding hydrogens is 298 g/mol. The van der Waals surface area contributed by atoms with Gasteiger partial charge in [-0.3, -0.25) is 9.59 Å². The summed E-state index contributed by atoms with van der Waals surface area (Å²) < 4.78 is 0. The largest absolute Gasteiger partial charge is 0.548 e. The number of fused-ring (bicyclic) bond motifs is 1. The van der Waals surface area contributed by atoms with Crippen LogP contribution in [0.2, 0.25) is 0 Å². The first-order valence-electron chi connectivity index (χ1n) is 7.40. The molecular formula is C16H16N3O4-. The molecule has 7 heteroatoms. The number of carboxylic acids is 1. The van der Waals surface area contributed by atoms with Gasteiger partial charge < -0.3 is 25.5 Å². The SMILES string of the molecule is O=C1CC[C@@H](C(=O)N[C@H](Cc2c[nH]c3ccccc23)C(=O)[O-])N1. The van der Waals surface area contributed by atoms with E-state index >= 15 is 0 Å². The molecule has 0 radical (unpaired) electrons. The van der Waals surface area contributed by atoms with Gasteiger partial charge in [-0.15, -0.1) is 0 Å². The van der Waals surface area contributed by atoms with Crippen molar-refractivity contribution < 1.29 is 19.5 Å². The third-order valence-electron chi connectivity index (χ3n) is 4.01. The van der Waals surface area contributed by atoms with Crippen LogP contribution in [0.4, 0.5) is 0 Å². The standard InChI is InChI=1S/C16H17N3O4/c20-14-6-5-12(18-14)15(21)19-13(16(22)23)7-9-8-17-11-4-2-1-3-10(9)11/h1-4,8,12-13,17H,5-7H2,(H,18,20)(H,19,21)(H,22,23)/p-1/t12-,13+/m0/s1. The number of hydrogen-bond donors (Lipinski definition) is 3. The molecule has 0 spiro atoms. The zero-order valence-corrected chi connectivity index (χ0v) is 12.3. The quantitative estimate of drug-likeness (QED) is 0.672. The molecule has 0 aliphatic carbocycles. The van der Waals surface area contributed by atoms with Gasteiger partial charge in [0.2, 0.25) is 11.8 Å². The van der Waals surface area contributed by atoms with E-state index in [-0.39, 0.29) is 18.7 Å². The average Bonchev–Trinajstić information content (AvgIpc) is 3.13. The third kappa shape index (κ3) is 3.18. The van der Waals surface area contributed by atoms with E-state index in [1.165, 1.54) is 0 Å². The molecule has 120 valence electrons. The summed E-state index contributed by atoms with van der Waals surface area (Å²) in [6.07, 6.45) is 2.48. The van der Waals surface area contributed by atoms with Crippen molar-refractivity contribution in [1.82, 2.24) is 15.6 Å². The number of para-hydroxylation sites is 1. The maximum absolute atomic E-state index is 12.1. The van der Waals surface area contributed by atoms with Crippen molar-refractivity contribution in [2.24, 2.45) is 0 Å². The molecule has 0 bridgehead atoms. The van der Waals surface area contributed by atoms with Crippen molar-refractivity contribution >= 4 is 28.7 Å². The molecule has 0 unspecified atom stereocenters. The first kappa shape index (κ1) is 15.1. The molecule has 1 fully saturated rings. The van der Waals surface area contributed by atoms with Crippen molar-refractivity contribution in [3.63, 3.8) is 0 Å². The fourth-order valence-corrected chi connectivity index (χ4v) is 2.80. The number of rotatable bonds is 5. The van der Waals surface area contributed by atoms with E-state index in [9.17, 15) is 19.5 Å². The van der Waals surface area contributed by atoms with Crippen molar-refractivity contribution in [3.05, 3.63) is 36.0 Å². The number of amides is 2. The Morgan fingerprint density at radius 2 is 2.13 bits per heavy atom. The van der Waals surface area contributed by atoms with Crippen LogP contribution in [0.1, 0.15) is 18.4 Å². The number of carbonyl (C=O) groups is 3. The van der Waals surface area contributed by atoms with Crippen LogP contribution in [0.15, 0.2) is 30.5 Å². The summed E-state index contributed by atoms with van der Waals surface area (Å²) in [5.41, 5.74) is 1.68. The van der Waals surface area contributed by atoms with Crippen molar-refractivity contribution in [1.29, 1.82) is 0 Å². The fraction of sp³-hybridized carbons (Fsp3) is 0.312. The maximum Gasteiger partial charge on any atom is 0.243 e. The Balaban J connectivity index is 1.73. The molecule has 3 rings (SSSR count). The van der Waals surface area contributed by atoms with Crippen LogP contribution in [0.5, 0.6) is 0 Å². The molecule has 23 heavy (non-hydrogen) atoms. The number of benzene rings is 1. The number of hydrogen-bond acceptors (Lipinski definition) is 4.